The van der Waals surface area contributed by atoms with Crippen LogP contribution in [0.2, 0.25) is 0 Å². The maximum atomic E-state index is 12.5. The first kappa shape index (κ1) is 21.6. The van der Waals surface area contributed by atoms with Gasteiger partial charge in [-0.15, -0.1) is 6.42 Å². The lowest BCUT2D eigenvalue weighted by molar-refractivity contribution is -0.124. The van der Waals surface area contributed by atoms with E-state index in [1.807, 2.05) is 0 Å². The molecule has 0 aliphatic rings. The van der Waals surface area contributed by atoms with Gasteiger partial charge in [-0.2, -0.15) is 4.31 Å². The minimum Gasteiger partial charge on any atom is -0.346 e. The predicted octanol–water partition coefficient (Wildman–Crippen LogP) is 1.81. The van der Waals surface area contributed by atoms with Crippen LogP contribution in [-0.4, -0.2) is 44.7 Å². The zero-order valence-corrected chi connectivity index (χ0v) is 17.4. The number of anilines is 1. The maximum absolute atomic E-state index is 12.5. The van der Waals surface area contributed by atoms with Crippen molar-refractivity contribution in [3.05, 3.63) is 58.6 Å². The molecule has 0 unspecified atom stereocenters. The fourth-order valence-corrected chi connectivity index (χ4v) is 3.59. The van der Waals surface area contributed by atoms with Crippen molar-refractivity contribution in [1.82, 2.24) is 9.62 Å². The maximum Gasteiger partial charge on any atom is 0.243 e. The van der Waals surface area contributed by atoms with E-state index in [4.69, 9.17) is 6.42 Å². The number of likely N-dealkylation sites (N-methyl/N-ethyl adjacent to an activating group) is 1. The molecule has 0 aromatic heterocycles. The van der Waals surface area contributed by atoms with Crippen LogP contribution in [0.5, 0.6) is 0 Å². The number of carbonyl (C=O) groups excluding carboxylic acids is 2. The van der Waals surface area contributed by atoms with Crippen LogP contribution >= 0.6 is 15.9 Å². The molecule has 0 bridgehead atoms. The summed E-state index contributed by atoms with van der Waals surface area (Å²) in [7, 11) is -2.52. The van der Waals surface area contributed by atoms with Crippen LogP contribution in [0.15, 0.2) is 57.9 Å². The molecule has 2 aromatic carbocycles. The number of amides is 2. The number of hydrogen-bond donors (Lipinski definition) is 2. The van der Waals surface area contributed by atoms with Crippen molar-refractivity contribution in [3.63, 3.8) is 0 Å². The molecule has 28 heavy (non-hydrogen) atoms. The summed E-state index contributed by atoms with van der Waals surface area (Å²) in [5.74, 6) is 1.40. The van der Waals surface area contributed by atoms with Crippen LogP contribution in [0.4, 0.5) is 5.69 Å². The fourth-order valence-electron chi connectivity index (χ4n) is 2.20. The van der Waals surface area contributed by atoms with Gasteiger partial charge in [0.05, 0.1) is 18.0 Å². The third kappa shape index (κ3) is 5.92. The van der Waals surface area contributed by atoms with Crippen molar-refractivity contribution >= 4 is 43.5 Å². The Morgan fingerprint density at radius 3 is 2.46 bits per heavy atom. The summed E-state index contributed by atoms with van der Waals surface area (Å²) < 4.78 is 26.6. The first-order valence-corrected chi connectivity index (χ1v) is 10.3. The molecule has 0 aliphatic carbocycles. The second kappa shape index (κ2) is 9.50. The van der Waals surface area contributed by atoms with Gasteiger partial charge in [-0.25, -0.2) is 8.42 Å². The zero-order valence-electron chi connectivity index (χ0n) is 15.0. The monoisotopic (exact) mass is 463 g/mol. The van der Waals surface area contributed by atoms with Gasteiger partial charge in [0.1, 0.15) is 0 Å². The molecule has 2 amide bonds. The Balaban J connectivity index is 1.88. The molecule has 146 valence electrons. The van der Waals surface area contributed by atoms with Crippen molar-refractivity contribution in [3.8, 4) is 12.3 Å². The summed E-state index contributed by atoms with van der Waals surface area (Å²) in [6.45, 7) is -0.719. The van der Waals surface area contributed by atoms with Gasteiger partial charge in [0.2, 0.25) is 21.8 Å². The lowest BCUT2D eigenvalue weighted by atomic mass is 10.2. The Bertz CT molecular complexity index is 1010. The molecule has 0 saturated heterocycles. The minimum atomic E-state index is -3.81. The molecular formula is C19H18BrN3O4S. The smallest absolute Gasteiger partial charge is 0.243 e. The molecule has 0 spiro atoms. The summed E-state index contributed by atoms with van der Waals surface area (Å²) in [5, 5.41) is 4.99. The number of halogens is 1. The number of terminal acetylenes is 1. The van der Waals surface area contributed by atoms with Gasteiger partial charge in [0.25, 0.3) is 0 Å². The molecular weight excluding hydrogens is 446 g/mol. The van der Waals surface area contributed by atoms with Crippen LogP contribution in [-0.2, 0) is 19.6 Å². The quantitative estimate of drug-likeness (QED) is 0.611. The van der Waals surface area contributed by atoms with E-state index >= 15 is 0 Å². The van der Waals surface area contributed by atoms with Gasteiger partial charge in [-0.05, 0) is 42.5 Å². The number of hydrogen-bond acceptors (Lipinski definition) is 4. The number of benzene rings is 2. The summed E-state index contributed by atoms with van der Waals surface area (Å²) in [4.78, 5) is 24.0. The lowest BCUT2D eigenvalue weighted by Crippen LogP contribution is -2.41. The number of nitrogens with one attached hydrogen (secondary N) is 2. The summed E-state index contributed by atoms with van der Waals surface area (Å²) in [6, 6.07) is 12.8. The molecule has 2 rings (SSSR count). The number of nitrogens with zero attached hydrogens (tertiary/aromatic N) is 1. The molecule has 0 atom stereocenters. The second-order valence-electron chi connectivity index (χ2n) is 5.77. The standard InChI is InChI=1S/C19H18BrN3O4S/c1-3-14-5-4-6-16(11-14)22-18(24)12-21-19(25)13-23(2)28(26,27)17-9-7-15(20)8-10-17/h1,4-11H,12-13H2,2H3,(H,21,25)(H,22,24). The van der Waals surface area contributed by atoms with Crippen LogP contribution in [0.25, 0.3) is 0 Å². The first-order chi connectivity index (χ1) is 13.2. The van der Waals surface area contributed by atoms with Gasteiger partial charge in [0, 0.05) is 22.8 Å². The minimum absolute atomic E-state index is 0.0668. The molecule has 0 aliphatic heterocycles. The number of carbonyl (C=O) groups is 2. The largest absolute Gasteiger partial charge is 0.346 e. The van der Waals surface area contributed by atoms with E-state index in [9.17, 15) is 18.0 Å². The normalized spacial score (nSPS) is 10.9. The van der Waals surface area contributed by atoms with Gasteiger partial charge in [-0.3, -0.25) is 9.59 Å². The Labute approximate surface area is 172 Å². The number of sulfonamides is 1. The Morgan fingerprint density at radius 1 is 1.14 bits per heavy atom. The molecule has 0 fully saturated rings. The molecule has 7 nitrogen and oxygen atoms in total. The highest BCUT2D eigenvalue weighted by Gasteiger charge is 2.23. The SMILES string of the molecule is C#Cc1cccc(NC(=O)CNC(=O)CN(C)S(=O)(=O)c2ccc(Br)cc2)c1. The van der Waals surface area contributed by atoms with E-state index in [1.54, 1.807) is 36.4 Å². The highest BCUT2D eigenvalue weighted by atomic mass is 79.9. The third-order valence-corrected chi connectivity index (χ3v) is 5.99. The Hall–Kier alpha value is -2.67. The molecule has 2 N–H and O–H groups in total. The van der Waals surface area contributed by atoms with Crippen LogP contribution in [0.1, 0.15) is 5.56 Å². The van der Waals surface area contributed by atoms with Gasteiger partial charge >= 0.3 is 0 Å². The van der Waals surface area contributed by atoms with Gasteiger partial charge in [0.15, 0.2) is 0 Å². The van der Waals surface area contributed by atoms with E-state index in [0.29, 0.717) is 11.3 Å². The zero-order chi connectivity index (χ0) is 20.7. The molecule has 0 radical (unpaired) electrons. The fraction of sp³-hybridized carbons (Fsp3) is 0.158. The molecule has 2 aromatic rings. The highest BCUT2D eigenvalue weighted by molar-refractivity contribution is 9.10. The van der Waals surface area contributed by atoms with Crippen molar-refractivity contribution in [2.24, 2.45) is 0 Å². The van der Waals surface area contributed by atoms with E-state index in [1.165, 1.54) is 19.2 Å². The average molecular weight is 464 g/mol. The van der Waals surface area contributed by atoms with Crippen molar-refractivity contribution < 1.29 is 18.0 Å². The van der Waals surface area contributed by atoms with Gasteiger partial charge < -0.3 is 10.6 Å². The van der Waals surface area contributed by atoms with Gasteiger partial charge in [-0.1, -0.05) is 27.9 Å². The van der Waals surface area contributed by atoms with Crippen molar-refractivity contribution in [2.75, 3.05) is 25.5 Å². The van der Waals surface area contributed by atoms with Crippen molar-refractivity contribution in [2.45, 2.75) is 4.90 Å². The highest BCUT2D eigenvalue weighted by Crippen LogP contribution is 2.17. The topological polar surface area (TPSA) is 95.6 Å². The van der Waals surface area contributed by atoms with E-state index in [-0.39, 0.29) is 11.4 Å². The van der Waals surface area contributed by atoms with Crippen LogP contribution in [0.3, 0.4) is 0 Å². The summed E-state index contributed by atoms with van der Waals surface area (Å²) >= 11 is 3.24. The summed E-state index contributed by atoms with van der Waals surface area (Å²) in [5.41, 5.74) is 1.12. The second-order valence-corrected chi connectivity index (χ2v) is 8.73. The molecule has 0 heterocycles. The Morgan fingerprint density at radius 2 is 1.82 bits per heavy atom. The van der Waals surface area contributed by atoms with Crippen LogP contribution < -0.4 is 10.6 Å². The van der Waals surface area contributed by atoms with Crippen molar-refractivity contribution in [1.29, 1.82) is 0 Å². The average Bonchev–Trinajstić information content (AvgIpc) is 2.66. The van der Waals surface area contributed by atoms with E-state index in [0.717, 1.165) is 8.78 Å². The Kier molecular flexibility index (Phi) is 7.34. The van der Waals surface area contributed by atoms with Crippen LogP contribution in [0, 0.1) is 12.3 Å². The predicted molar refractivity (Wildman–Crippen MR) is 110 cm³/mol. The van der Waals surface area contributed by atoms with E-state index in [2.05, 4.69) is 32.5 Å². The third-order valence-electron chi connectivity index (χ3n) is 3.65. The lowest BCUT2D eigenvalue weighted by Gasteiger charge is -2.17. The number of rotatable bonds is 7. The molecule has 0 saturated carbocycles. The first-order valence-electron chi connectivity index (χ1n) is 8.07. The molecule has 9 heteroatoms. The summed E-state index contributed by atoms with van der Waals surface area (Å²) in [6.07, 6.45) is 5.30. The van der Waals surface area contributed by atoms with E-state index < -0.39 is 28.4 Å².